The van der Waals surface area contributed by atoms with Crippen LogP contribution in [0.4, 0.5) is 5.69 Å². The van der Waals surface area contributed by atoms with Crippen LogP contribution in [0.1, 0.15) is 10.4 Å². The van der Waals surface area contributed by atoms with Gasteiger partial charge in [-0.15, -0.1) is 0 Å². The Balaban J connectivity index is 1.59. The number of hydrogen-bond acceptors (Lipinski definition) is 3. The minimum absolute atomic E-state index is 0.268. The highest BCUT2D eigenvalue weighted by molar-refractivity contribution is 6.35. The summed E-state index contributed by atoms with van der Waals surface area (Å²) in [4.78, 5) is 10.8. The van der Waals surface area contributed by atoms with Gasteiger partial charge in [0.25, 0.3) is 0 Å². The van der Waals surface area contributed by atoms with Crippen molar-refractivity contribution in [3.05, 3.63) is 71.2 Å². The maximum absolute atomic E-state index is 10.8. The molecule has 2 N–H and O–H groups in total. The number of rotatable bonds is 6. The van der Waals surface area contributed by atoms with Crippen LogP contribution in [0, 0.1) is 0 Å². The minimum atomic E-state index is -0.931. The number of halogens is 1. The van der Waals surface area contributed by atoms with Crippen LogP contribution < -0.4 is 10.1 Å². The van der Waals surface area contributed by atoms with E-state index in [9.17, 15) is 4.79 Å². The zero-order chi connectivity index (χ0) is 16.9. The fourth-order valence-corrected chi connectivity index (χ4v) is 2.68. The summed E-state index contributed by atoms with van der Waals surface area (Å²) in [6.07, 6.45) is 0. The van der Waals surface area contributed by atoms with Gasteiger partial charge >= 0.3 is 5.97 Å². The van der Waals surface area contributed by atoms with E-state index in [1.165, 1.54) is 0 Å². The predicted molar refractivity (Wildman–Crippen MR) is 96.3 cm³/mol. The summed E-state index contributed by atoms with van der Waals surface area (Å²) in [7, 11) is 0. The fraction of sp³-hybridized carbons (Fsp3) is 0.105. The lowest BCUT2D eigenvalue weighted by Gasteiger charge is -2.11. The molecule has 3 rings (SSSR count). The molecule has 0 spiro atoms. The average molecular weight is 342 g/mol. The summed E-state index contributed by atoms with van der Waals surface area (Å²) < 4.78 is 5.84. The molecule has 24 heavy (non-hydrogen) atoms. The topological polar surface area (TPSA) is 58.6 Å². The van der Waals surface area contributed by atoms with Crippen LogP contribution in [0.5, 0.6) is 5.75 Å². The first kappa shape index (κ1) is 16.1. The van der Waals surface area contributed by atoms with Crippen LogP contribution >= 0.6 is 11.6 Å². The largest absolute Gasteiger partial charge is 0.491 e. The van der Waals surface area contributed by atoms with Gasteiger partial charge in [0, 0.05) is 28.0 Å². The molecular weight excluding hydrogens is 326 g/mol. The Labute approximate surface area is 144 Å². The molecule has 0 bridgehead atoms. The molecule has 3 aromatic rings. The predicted octanol–water partition coefficient (Wildman–Crippen LogP) is 4.68. The van der Waals surface area contributed by atoms with Crippen molar-refractivity contribution in [3.8, 4) is 5.75 Å². The highest BCUT2D eigenvalue weighted by atomic mass is 35.5. The van der Waals surface area contributed by atoms with Crippen LogP contribution in [0.15, 0.2) is 60.7 Å². The summed E-state index contributed by atoms with van der Waals surface area (Å²) >= 11 is 6.20. The minimum Gasteiger partial charge on any atom is -0.491 e. The van der Waals surface area contributed by atoms with Gasteiger partial charge in [-0.3, -0.25) is 0 Å². The molecule has 0 fully saturated rings. The van der Waals surface area contributed by atoms with Gasteiger partial charge in [-0.1, -0.05) is 35.9 Å². The maximum atomic E-state index is 10.8. The van der Waals surface area contributed by atoms with Gasteiger partial charge in [-0.05, 0) is 36.4 Å². The first-order valence-corrected chi connectivity index (χ1v) is 7.90. The van der Waals surface area contributed by atoms with E-state index in [0.29, 0.717) is 18.2 Å². The Kier molecular flexibility index (Phi) is 4.87. The van der Waals surface area contributed by atoms with Crippen LogP contribution in [0.3, 0.4) is 0 Å². The van der Waals surface area contributed by atoms with E-state index < -0.39 is 5.97 Å². The number of benzene rings is 3. The number of aromatic carboxylic acids is 1. The molecule has 0 saturated carbocycles. The molecule has 0 aromatic heterocycles. The summed E-state index contributed by atoms with van der Waals surface area (Å²) in [5, 5.41) is 14.7. The first-order valence-electron chi connectivity index (χ1n) is 7.52. The molecule has 0 saturated heterocycles. The number of anilines is 1. The van der Waals surface area contributed by atoms with E-state index in [1.807, 2.05) is 36.4 Å². The lowest BCUT2D eigenvalue weighted by molar-refractivity contribution is 0.0697. The highest BCUT2D eigenvalue weighted by Crippen LogP contribution is 2.31. The van der Waals surface area contributed by atoms with Crippen molar-refractivity contribution >= 4 is 34.0 Å². The summed E-state index contributed by atoms with van der Waals surface area (Å²) in [5.74, 6) is -0.141. The molecule has 0 aliphatic heterocycles. The molecule has 4 nitrogen and oxygen atoms in total. The smallest absolute Gasteiger partial charge is 0.335 e. The third-order valence-electron chi connectivity index (χ3n) is 3.65. The Bertz CT molecular complexity index is 862. The Morgan fingerprint density at radius 3 is 2.42 bits per heavy atom. The van der Waals surface area contributed by atoms with Crippen LogP contribution in [-0.4, -0.2) is 24.2 Å². The molecular formula is C19H16ClNO3. The van der Waals surface area contributed by atoms with Crippen molar-refractivity contribution in [3.63, 3.8) is 0 Å². The molecule has 0 radical (unpaired) electrons. The lowest BCUT2D eigenvalue weighted by Crippen LogP contribution is -2.11. The zero-order valence-electron chi connectivity index (χ0n) is 12.8. The molecule has 0 amide bonds. The number of carbonyl (C=O) groups is 1. The van der Waals surface area contributed by atoms with Crippen LogP contribution in [0.25, 0.3) is 10.8 Å². The van der Waals surface area contributed by atoms with Gasteiger partial charge in [0.1, 0.15) is 12.4 Å². The molecule has 5 heteroatoms. The number of nitrogens with one attached hydrogen (secondary N) is 1. The summed E-state index contributed by atoms with van der Waals surface area (Å²) in [6, 6.07) is 18.2. The van der Waals surface area contributed by atoms with E-state index in [1.54, 1.807) is 24.3 Å². The molecule has 0 heterocycles. The van der Waals surface area contributed by atoms with Crippen molar-refractivity contribution in [1.29, 1.82) is 0 Å². The number of carboxylic acids is 1. The van der Waals surface area contributed by atoms with Crippen molar-refractivity contribution in [2.24, 2.45) is 0 Å². The third-order valence-corrected chi connectivity index (χ3v) is 3.98. The quantitative estimate of drug-likeness (QED) is 0.639. The fourth-order valence-electron chi connectivity index (χ4n) is 2.45. The third kappa shape index (κ3) is 3.60. The Morgan fingerprint density at radius 1 is 1.00 bits per heavy atom. The second-order valence-corrected chi connectivity index (χ2v) is 5.66. The normalized spacial score (nSPS) is 10.5. The molecule has 122 valence electrons. The molecule has 0 atom stereocenters. The number of fused-ring (bicyclic) bond motifs is 1. The van der Waals surface area contributed by atoms with E-state index in [0.717, 1.165) is 22.2 Å². The van der Waals surface area contributed by atoms with Gasteiger partial charge in [0.15, 0.2) is 0 Å². The van der Waals surface area contributed by atoms with Crippen LogP contribution in [-0.2, 0) is 0 Å². The van der Waals surface area contributed by atoms with Crippen molar-refractivity contribution in [1.82, 2.24) is 0 Å². The second-order valence-electron chi connectivity index (χ2n) is 5.25. The molecule has 0 aliphatic carbocycles. The number of hydrogen-bond donors (Lipinski definition) is 2. The second kappa shape index (κ2) is 7.23. The van der Waals surface area contributed by atoms with Gasteiger partial charge in [-0.25, -0.2) is 4.79 Å². The number of ether oxygens (including phenoxy) is 1. The SMILES string of the molecule is O=C(O)c1ccc(NCCOc2ccc(Cl)c3ccccc23)cc1. The lowest BCUT2D eigenvalue weighted by atomic mass is 10.1. The highest BCUT2D eigenvalue weighted by Gasteiger charge is 2.05. The Hall–Kier alpha value is -2.72. The average Bonchev–Trinajstić information content (AvgIpc) is 2.61. The van der Waals surface area contributed by atoms with Crippen molar-refractivity contribution in [2.45, 2.75) is 0 Å². The van der Waals surface area contributed by atoms with Gasteiger partial charge in [-0.2, -0.15) is 0 Å². The van der Waals surface area contributed by atoms with E-state index in [4.69, 9.17) is 21.4 Å². The maximum Gasteiger partial charge on any atom is 0.335 e. The standard InChI is InChI=1S/C19H16ClNO3/c20-17-9-10-18(16-4-2-1-3-15(16)17)24-12-11-21-14-7-5-13(6-8-14)19(22)23/h1-10,21H,11-12H2,(H,22,23). The molecule has 0 aliphatic rings. The number of carboxylic acid groups (broad SMARTS) is 1. The molecule has 0 unspecified atom stereocenters. The monoisotopic (exact) mass is 341 g/mol. The van der Waals surface area contributed by atoms with E-state index in [2.05, 4.69) is 5.32 Å². The summed E-state index contributed by atoms with van der Waals surface area (Å²) in [6.45, 7) is 1.08. The summed E-state index contributed by atoms with van der Waals surface area (Å²) in [5.41, 5.74) is 1.12. The van der Waals surface area contributed by atoms with Gasteiger partial charge in [0.2, 0.25) is 0 Å². The van der Waals surface area contributed by atoms with Crippen molar-refractivity contribution < 1.29 is 14.6 Å². The zero-order valence-corrected chi connectivity index (χ0v) is 13.6. The van der Waals surface area contributed by atoms with Crippen LogP contribution in [0.2, 0.25) is 5.02 Å². The van der Waals surface area contributed by atoms with E-state index in [-0.39, 0.29) is 5.56 Å². The van der Waals surface area contributed by atoms with Gasteiger partial charge in [0.05, 0.1) is 5.56 Å². The first-order chi connectivity index (χ1) is 11.6. The van der Waals surface area contributed by atoms with E-state index >= 15 is 0 Å². The Morgan fingerprint density at radius 2 is 1.71 bits per heavy atom. The van der Waals surface area contributed by atoms with Crippen molar-refractivity contribution in [2.75, 3.05) is 18.5 Å². The van der Waals surface area contributed by atoms with Gasteiger partial charge < -0.3 is 15.2 Å². The molecule has 3 aromatic carbocycles.